The summed E-state index contributed by atoms with van der Waals surface area (Å²) in [4.78, 5) is 21.1. The Bertz CT molecular complexity index is 327. The molecule has 0 radical (unpaired) electrons. The fourth-order valence-corrected chi connectivity index (χ4v) is 1.56. The molecule has 0 unspecified atom stereocenters. The van der Waals surface area contributed by atoms with E-state index < -0.39 is 0 Å². The van der Waals surface area contributed by atoms with E-state index in [1.807, 2.05) is 0 Å². The number of nitrogens with two attached hydrogens (primary N) is 1. The predicted octanol–water partition coefficient (Wildman–Crippen LogP) is -0.350. The molecule has 2 N–H and O–H groups in total. The molecule has 5 heteroatoms. The molecule has 0 spiro atoms. The maximum atomic E-state index is 11.8. The topological polar surface area (TPSA) is 72.1 Å². The second-order valence-corrected chi connectivity index (χ2v) is 3.43. The third-order valence-corrected chi connectivity index (χ3v) is 2.32. The zero-order chi connectivity index (χ0) is 9.97. The molecule has 0 saturated carbocycles. The summed E-state index contributed by atoms with van der Waals surface area (Å²) < 4.78 is 0. The van der Waals surface area contributed by atoms with Crippen molar-refractivity contribution in [3.8, 4) is 0 Å². The van der Waals surface area contributed by atoms with Crippen LogP contribution in [-0.4, -0.2) is 39.9 Å². The molecule has 74 valence electrons. The van der Waals surface area contributed by atoms with Crippen LogP contribution in [0, 0.1) is 0 Å². The van der Waals surface area contributed by atoms with Gasteiger partial charge in [-0.15, -0.1) is 0 Å². The van der Waals surface area contributed by atoms with Crippen LogP contribution in [0.4, 0.5) is 0 Å². The zero-order valence-electron chi connectivity index (χ0n) is 7.76. The van der Waals surface area contributed by atoms with Gasteiger partial charge in [-0.3, -0.25) is 4.79 Å². The second kappa shape index (κ2) is 3.71. The van der Waals surface area contributed by atoms with Crippen LogP contribution in [0.25, 0.3) is 0 Å². The van der Waals surface area contributed by atoms with Crippen LogP contribution in [0.1, 0.15) is 16.8 Å². The van der Waals surface area contributed by atoms with Crippen molar-refractivity contribution < 1.29 is 4.79 Å². The average Bonchev–Trinajstić information content (AvgIpc) is 2.65. The summed E-state index contributed by atoms with van der Waals surface area (Å²) in [5.74, 6) is -0.0291. The van der Waals surface area contributed by atoms with E-state index in [2.05, 4.69) is 9.97 Å². The van der Waals surface area contributed by atoms with E-state index in [1.165, 1.54) is 18.7 Å². The quantitative estimate of drug-likeness (QED) is 0.660. The number of carbonyl (C=O) groups is 1. The van der Waals surface area contributed by atoms with Gasteiger partial charge in [0.05, 0.1) is 5.56 Å². The van der Waals surface area contributed by atoms with Gasteiger partial charge >= 0.3 is 0 Å². The second-order valence-electron chi connectivity index (χ2n) is 3.43. The van der Waals surface area contributed by atoms with Gasteiger partial charge in [0, 0.05) is 31.5 Å². The highest BCUT2D eigenvalue weighted by Gasteiger charge is 2.24. The Morgan fingerprint density at radius 1 is 1.50 bits per heavy atom. The minimum Gasteiger partial charge on any atom is -0.337 e. The van der Waals surface area contributed by atoms with Crippen molar-refractivity contribution >= 4 is 5.91 Å². The Hall–Kier alpha value is -1.49. The van der Waals surface area contributed by atoms with Gasteiger partial charge in [-0.2, -0.15) is 0 Å². The largest absolute Gasteiger partial charge is 0.337 e. The molecule has 14 heavy (non-hydrogen) atoms. The first-order valence-corrected chi connectivity index (χ1v) is 4.57. The molecule has 1 fully saturated rings. The monoisotopic (exact) mass is 192 g/mol. The Labute approximate surface area is 82.0 Å². The van der Waals surface area contributed by atoms with Crippen molar-refractivity contribution in [3.05, 3.63) is 24.3 Å². The van der Waals surface area contributed by atoms with Crippen LogP contribution in [0.2, 0.25) is 0 Å². The van der Waals surface area contributed by atoms with E-state index >= 15 is 0 Å². The number of rotatable bonds is 1. The smallest absolute Gasteiger partial charge is 0.257 e. The zero-order valence-corrected chi connectivity index (χ0v) is 7.76. The lowest BCUT2D eigenvalue weighted by molar-refractivity contribution is 0.0790. The molecule has 1 aromatic heterocycles. The van der Waals surface area contributed by atoms with Crippen LogP contribution >= 0.6 is 0 Å². The number of amides is 1. The molecule has 1 saturated heterocycles. The Morgan fingerprint density at radius 3 is 2.79 bits per heavy atom. The molecular formula is C9H12N4O. The minimum atomic E-state index is -0.0291. The first-order valence-electron chi connectivity index (χ1n) is 4.57. The first kappa shape index (κ1) is 9.08. The summed E-state index contributed by atoms with van der Waals surface area (Å²) in [5.41, 5.74) is 6.25. The number of aromatic nitrogens is 2. The fourth-order valence-electron chi connectivity index (χ4n) is 1.56. The summed E-state index contributed by atoms with van der Waals surface area (Å²) in [6.07, 6.45) is 5.34. The van der Waals surface area contributed by atoms with Crippen LogP contribution in [0.3, 0.4) is 0 Å². The molecule has 2 heterocycles. The Kier molecular flexibility index (Phi) is 2.41. The third kappa shape index (κ3) is 1.72. The standard InChI is InChI=1S/C9H12N4O/c10-8-1-2-13(5-8)9(14)7-3-11-6-12-4-7/h3-4,6,8H,1-2,5,10H2/t8-/m1/s1. The third-order valence-electron chi connectivity index (χ3n) is 2.32. The van der Waals surface area contributed by atoms with Crippen molar-refractivity contribution in [1.29, 1.82) is 0 Å². The highest BCUT2D eigenvalue weighted by molar-refractivity contribution is 5.93. The van der Waals surface area contributed by atoms with Crippen molar-refractivity contribution in [2.75, 3.05) is 13.1 Å². The molecule has 1 atom stereocenters. The van der Waals surface area contributed by atoms with E-state index in [0.29, 0.717) is 12.1 Å². The lowest BCUT2D eigenvalue weighted by Crippen LogP contribution is -2.31. The van der Waals surface area contributed by atoms with Gasteiger partial charge < -0.3 is 10.6 Å². The van der Waals surface area contributed by atoms with Crippen LogP contribution in [0.15, 0.2) is 18.7 Å². The summed E-state index contributed by atoms with van der Waals surface area (Å²) in [6, 6.07) is 0.114. The van der Waals surface area contributed by atoms with E-state index in [1.54, 1.807) is 4.90 Å². The van der Waals surface area contributed by atoms with E-state index in [-0.39, 0.29) is 11.9 Å². The number of hydrogen-bond acceptors (Lipinski definition) is 4. The molecular weight excluding hydrogens is 180 g/mol. The highest BCUT2D eigenvalue weighted by Crippen LogP contribution is 2.10. The summed E-state index contributed by atoms with van der Waals surface area (Å²) in [6.45, 7) is 1.36. The van der Waals surface area contributed by atoms with Crippen LogP contribution in [-0.2, 0) is 0 Å². The lowest BCUT2D eigenvalue weighted by atomic mass is 10.3. The predicted molar refractivity (Wildman–Crippen MR) is 50.5 cm³/mol. The van der Waals surface area contributed by atoms with Gasteiger partial charge in [0.1, 0.15) is 6.33 Å². The maximum Gasteiger partial charge on any atom is 0.257 e. The molecule has 1 aromatic rings. The maximum absolute atomic E-state index is 11.8. The number of hydrogen-bond donors (Lipinski definition) is 1. The van der Waals surface area contributed by atoms with Gasteiger partial charge in [-0.25, -0.2) is 9.97 Å². The van der Waals surface area contributed by atoms with Gasteiger partial charge in [-0.05, 0) is 6.42 Å². The molecule has 1 aliphatic rings. The van der Waals surface area contributed by atoms with E-state index in [9.17, 15) is 4.79 Å². The Balaban J connectivity index is 2.10. The Morgan fingerprint density at radius 2 is 2.21 bits per heavy atom. The normalized spacial score (nSPS) is 21.2. The first-order chi connectivity index (χ1) is 6.77. The van der Waals surface area contributed by atoms with Crippen LogP contribution < -0.4 is 5.73 Å². The molecule has 0 bridgehead atoms. The van der Waals surface area contributed by atoms with Gasteiger partial charge in [0.2, 0.25) is 0 Å². The number of nitrogens with zero attached hydrogens (tertiary/aromatic N) is 3. The molecule has 0 aliphatic carbocycles. The molecule has 5 nitrogen and oxygen atoms in total. The van der Waals surface area contributed by atoms with Crippen molar-refractivity contribution in [1.82, 2.24) is 14.9 Å². The average molecular weight is 192 g/mol. The number of carbonyl (C=O) groups excluding carboxylic acids is 1. The summed E-state index contributed by atoms with van der Waals surface area (Å²) in [5, 5.41) is 0. The molecule has 1 amide bonds. The lowest BCUT2D eigenvalue weighted by Gasteiger charge is -2.14. The van der Waals surface area contributed by atoms with Crippen molar-refractivity contribution in [2.24, 2.45) is 5.73 Å². The fraction of sp³-hybridized carbons (Fsp3) is 0.444. The van der Waals surface area contributed by atoms with Gasteiger partial charge in [0.25, 0.3) is 5.91 Å². The molecule has 1 aliphatic heterocycles. The SMILES string of the molecule is N[C@@H]1CCN(C(=O)c2cncnc2)C1. The summed E-state index contributed by atoms with van der Waals surface area (Å²) in [7, 11) is 0. The van der Waals surface area contributed by atoms with E-state index in [0.717, 1.165) is 13.0 Å². The van der Waals surface area contributed by atoms with E-state index in [4.69, 9.17) is 5.73 Å². The number of likely N-dealkylation sites (tertiary alicyclic amines) is 1. The molecule has 0 aromatic carbocycles. The molecule has 2 rings (SSSR count). The van der Waals surface area contributed by atoms with Crippen molar-refractivity contribution in [3.63, 3.8) is 0 Å². The van der Waals surface area contributed by atoms with Crippen LogP contribution in [0.5, 0.6) is 0 Å². The minimum absolute atomic E-state index is 0.0291. The van der Waals surface area contributed by atoms with Gasteiger partial charge in [-0.1, -0.05) is 0 Å². The summed E-state index contributed by atoms with van der Waals surface area (Å²) >= 11 is 0. The van der Waals surface area contributed by atoms with Crippen molar-refractivity contribution in [2.45, 2.75) is 12.5 Å². The van der Waals surface area contributed by atoms with Gasteiger partial charge in [0.15, 0.2) is 0 Å². The highest BCUT2D eigenvalue weighted by atomic mass is 16.2.